The van der Waals surface area contributed by atoms with E-state index in [2.05, 4.69) is 20.5 Å². The minimum atomic E-state index is -4.42. The van der Waals surface area contributed by atoms with Crippen LogP contribution in [0.15, 0.2) is 47.6 Å². The van der Waals surface area contributed by atoms with E-state index in [4.69, 9.17) is 21.1 Å². The Morgan fingerprint density at radius 3 is 2.40 bits per heavy atom. The lowest BCUT2D eigenvalue weighted by atomic mass is 10.2. The smallest absolute Gasteiger partial charge is 0.408 e. The summed E-state index contributed by atoms with van der Waals surface area (Å²) in [6, 6.07) is 6.83. The van der Waals surface area contributed by atoms with Crippen molar-refractivity contribution in [1.29, 1.82) is 0 Å². The minimum absolute atomic E-state index is 0.128. The molecule has 2 aromatic rings. The average Bonchev–Trinajstić information content (AvgIpc) is 3.13. The number of carboxylic acid groups (broad SMARTS) is 2. The molecule has 0 atom stereocenters. The quantitative estimate of drug-likeness (QED) is 0.252. The molecule has 14 heteroatoms. The third-order valence-electron chi connectivity index (χ3n) is 2.87. The first-order valence-corrected chi connectivity index (χ1v) is 7.90. The number of hydrogen-bond donors (Lipinski definition) is 5. The highest BCUT2D eigenvalue weighted by Gasteiger charge is 2.26. The summed E-state index contributed by atoms with van der Waals surface area (Å²) in [5.41, 5.74) is 6.60. The molecule has 1 aromatic heterocycles. The van der Waals surface area contributed by atoms with Gasteiger partial charge in [-0.3, -0.25) is 0 Å². The number of rotatable bonds is 6. The summed E-state index contributed by atoms with van der Waals surface area (Å²) in [7, 11) is 0. The maximum atomic E-state index is 12.0. The number of benzene rings is 1. The second-order valence-corrected chi connectivity index (χ2v) is 5.30. The van der Waals surface area contributed by atoms with E-state index < -0.39 is 30.6 Å². The van der Waals surface area contributed by atoms with Gasteiger partial charge in [0.15, 0.2) is 11.8 Å². The summed E-state index contributed by atoms with van der Waals surface area (Å²) in [5.74, 6) is -2.77. The predicted molar refractivity (Wildman–Crippen MR) is 97.9 cm³/mol. The zero-order chi connectivity index (χ0) is 22.7. The van der Waals surface area contributed by atoms with Crippen LogP contribution in [-0.2, 0) is 16.2 Å². The number of anilines is 1. The van der Waals surface area contributed by atoms with Crippen molar-refractivity contribution in [3.05, 3.63) is 48.2 Å². The molecule has 0 saturated heterocycles. The second kappa shape index (κ2) is 11.2. The molecule has 0 fully saturated rings. The number of aromatic nitrogens is 3. The number of nitrogens with one attached hydrogen (secondary N) is 1. The fourth-order valence-electron chi connectivity index (χ4n) is 1.71. The molecule has 0 aliphatic rings. The van der Waals surface area contributed by atoms with Gasteiger partial charge < -0.3 is 26.4 Å². The maximum absolute atomic E-state index is 12.0. The first-order chi connectivity index (χ1) is 14.0. The van der Waals surface area contributed by atoms with Gasteiger partial charge in [-0.2, -0.15) is 18.3 Å². The van der Waals surface area contributed by atoms with Crippen LogP contribution in [0, 0.1) is 0 Å². The number of carbonyl (C=O) groups is 2. The van der Waals surface area contributed by atoms with Gasteiger partial charge in [0.2, 0.25) is 0 Å². The van der Waals surface area contributed by atoms with Crippen molar-refractivity contribution in [3.8, 4) is 5.69 Å². The highest BCUT2D eigenvalue weighted by Crippen LogP contribution is 2.14. The lowest BCUT2D eigenvalue weighted by molar-refractivity contribution is -0.134. The molecular formula is C16H17F3N6O5. The SMILES string of the molecule is N/C(=N/CC(F)(F)F)Nc1cnn(-c2cccc(CO)c2)n1.O=C(O)/C=C\C(=O)O. The number of aliphatic hydroxyl groups excluding tert-OH is 1. The molecule has 6 N–H and O–H groups in total. The van der Waals surface area contributed by atoms with Crippen molar-refractivity contribution in [3.63, 3.8) is 0 Å². The van der Waals surface area contributed by atoms with E-state index >= 15 is 0 Å². The van der Waals surface area contributed by atoms with Crippen molar-refractivity contribution in [2.45, 2.75) is 12.8 Å². The van der Waals surface area contributed by atoms with Crippen molar-refractivity contribution >= 4 is 23.7 Å². The first kappa shape index (κ1) is 24.1. The van der Waals surface area contributed by atoms with Crippen LogP contribution in [0.4, 0.5) is 19.0 Å². The number of aliphatic hydroxyl groups is 1. The highest BCUT2D eigenvalue weighted by molar-refractivity contribution is 5.91. The third-order valence-corrected chi connectivity index (χ3v) is 2.87. The van der Waals surface area contributed by atoms with Crippen LogP contribution in [0.2, 0.25) is 0 Å². The van der Waals surface area contributed by atoms with Gasteiger partial charge >= 0.3 is 18.1 Å². The van der Waals surface area contributed by atoms with Crippen LogP contribution in [0.25, 0.3) is 5.69 Å². The molecule has 0 bridgehead atoms. The predicted octanol–water partition coefficient (Wildman–Crippen LogP) is 0.760. The molecule has 1 heterocycles. The van der Waals surface area contributed by atoms with E-state index in [-0.39, 0.29) is 12.4 Å². The summed E-state index contributed by atoms with van der Waals surface area (Å²) in [6.07, 6.45) is -2.01. The molecule has 0 spiro atoms. The number of nitrogens with zero attached hydrogens (tertiary/aromatic N) is 4. The monoisotopic (exact) mass is 430 g/mol. The third kappa shape index (κ3) is 9.84. The van der Waals surface area contributed by atoms with E-state index in [9.17, 15) is 22.8 Å². The second-order valence-electron chi connectivity index (χ2n) is 5.30. The average molecular weight is 430 g/mol. The van der Waals surface area contributed by atoms with Crippen molar-refractivity contribution in [2.24, 2.45) is 10.7 Å². The van der Waals surface area contributed by atoms with Gasteiger partial charge in [0.25, 0.3) is 0 Å². The molecule has 0 amide bonds. The Morgan fingerprint density at radius 2 is 1.87 bits per heavy atom. The lowest BCUT2D eigenvalue weighted by Gasteiger charge is -2.04. The fourth-order valence-corrected chi connectivity index (χ4v) is 1.71. The Bertz CT molecular complexity index is 910. The first-order valence-electron chi connectivity index (χ1n) is 7.90. The fraction of sp³-hybridized carbons (Fsp3) is 0.188. The molecule has 0 radical (unpaired) electrons. The largest absolute Gasteiger partial charge is 0.478 e. The standard InChI is InChI=1S/C12H13F3N6O.C4H4O4/c13-12(14,15)7-17-11(16)19-10-5-18-21(20-10)9-3-1-2-8(4-9)6-22;5-3(6)1-2-4(7)8/h1-5,22H,6-7H2,(H3,16,17,19,20);1-2H,(H,5,6)(H,7,8)/b;2-1-. The number of aliphatic imine (C=N–C) groups is 1. The van der Waals surface area contributed by atoms with Crippen LogP contribution in [-0.4, -0.2) is 60.9 Å². The van der Waals surface area contributed by atoms with Crippen LogP contribution in [0.1, 0.15) is 5.56 Å². The molecule has 0 aliphatic carbocycles. The number of alkyl halides is 3. The summed E-state index contributed by atoms with van der Waals surface area (Å²) >= 11 is 0. The van der Waals surface area contributed by atoms with E-state index in [1.54, 1.807) is 24.3 Å². The number of guanidine groups is 1. The van der Waals surface area contributed by atoms with Gasteiger partial charge in [0.05, 0.1) is 18.5 Å². The summed E-state index contributed by atoms with van der Waals surface area (Å²) in [5, 5.41) is 35.1. The van der Waals surface area contributed by atoms with Crippen LogP contribution in [0.3, 0.4) is 0 Å². The van der Waals surface area contributed by atoms with Gasteiger partial charge in [0.1, 0.15) is 6.54 Å². The zero-order valence-corrected chi connectivity index (χ0v) is 15.1. The Kier molecular flexibility index (Phi) is 8.96. The molecule has 11 nitrogen and oxygen atoms in total. The molecule has 1 aromatic carbocycles. The Labute approximate surface area is 167 Å². The number of nitrogens with two attached hydrogens (primary N) is 1. The number of halogens is 3. The van der Waals surface area contributed by atoms with Gasteiger partial charge in [-0.1, -0.05) is 12.1 Å². The van der Waals surface area contributed by atoms with Gasteiger partial charge in [0, 0.05) is 12.2 Å². The van der Waals surface area contributed by atoms with Crippen LogP contribution < -0.4 is 11.1 Å². The number of hydrogen-bond acceptors (Lipinski definition) is 6. The normalized spacial score (nSPS) is 11.7. The summed E-state index contributed by atoms with van der Waals surface area (Å²) in [6.45, 7) is -1.50. The maximum Gasteiger partial charge on any atom is 0.408 e. The number of carboxylic acids is 2. The van der Waals surface area contributed by atoms with Crippen molar-refractivity contribution < 1.29 is 38.1 Å². The Morgan fingerprint density at radius 1 is 1.23 bits per heavy atom. The summed E-state index contributed by atoms with van der Waals surface area (Å²) in [4.78, 5) is 23.5. The van der Waals surface area contributed by atoms with Gasteiger partial charge in [-0.25, -0.2) is 14.6 Å². The molecule has 30 heavy (non-hydrogen) atoms. The zero-order valence-electron chi connectivity index (χ0n) is 15.1. The van der Waals surface area contributed by atoms with Crippen LogP contribution >= 0.6 is 0 Å². The van der Waals surface area contributed by atoms with Gasteiger partial charge in [-0.05, 0) is 17.7 Å². The topological polar surface area (TPSA) is 176 Å². The van der Waals surface area contributed by atoms with Crippen LogP contribution in [0.5, 0.6) is 0 Å². The summed E-state index contributed by atoms with van der Waals surface area (Å²) < 4.78 is 36.0. The molecule has 0 saturated carbocycles. The Balaban J connectivity index is 0.000000479. The van der Waals surface area contributed by atoms with Gasteiger partial charge in [-0.15, -0.1) is 9.90 Å². The lowest BCUT2D eigenvalue weighted by Crippen LogP contribution is -2.25. The van der Waals surface area contributed by atoms with E-state index in [0.717, 1.165) is 0 Å². The molecule has 2 rings (SSSR count). The molecule has 0 unspecified atom stereocenters. The minimum Gasteiger partial charge on any atom is -0.478 e. The van der Waals surface area contributed by atoms with Crippen molar-refractivity contribution in [1.82, 2.24) is 15.0 Å². The highest BCUT2D eigenvalue weighted by atomic mass is 19.4. The molecule has 162 valence electrons. The molecular weight excluding hydrogens is 413 g/mol. The molecule has 0 aliphatic heterocycles. The Hall–Kier alpha value is -3.94. The number of aliphatic carboxylic acids is 2. The van der Waals surface area contributed by atoms with E-state index in [1.165, 1.54) is 11.0 Å². The van der Waals surface area contributed by atoms with Crippen molar-refractivity contribution in [2.75, 3.05) is 11.9 Å². The van der Waals surface area contributed by atoms with E-state index in [1.807, 2.05) is 0 Å². The van der Waals surface area contributed by atoms with E-state index in [0.29, 0.717) is 23.4 Å².